The normalized spacial score (nSPS) is 40.4. The molecule has 0 amide bonds. The second-order valence-corrected chi connectivity index (χ2v) is 6.57. The maximum absolute atomic E-state index is 9.87. The van der Waals surface area contributed by atoms with E-state index < -0.39 is 0 Å². The average Bonchev–Trinajstić information content (AvgIpc) is 2.34. The standard InChI is InChI=1S/C15H29NO/c1-12-8-9-15(11-17,13(2)10-12)16-14-6-4-3-5-7-14/h12-14,16-17H,3-11H2,1-2H3. The van der Waals surface area contributed by atoms with Gasteiger partial charge in [-0.2, -0.15) is 0 Å². The van der Waals surface area contributed by atoms with Crippen molar-refractivity contribution in [3.05, 3.63) is 0 Å². The summed E-state index contributed by atoms with van der Waals surface area (Å²) in [5.41, 5.74) is 0.0223. The summed E-state index contributed by atoms with van der Waals surface area (Å²) in [6.07, 6.45) is 10.4. The molecule has 0 spiro atoms. The van der Waals surface area contributed by atoms with Crippen molar-refractivity contribution in [2.24, 2.45) is 11.8 Å². The molecule has 0 aliphatic heterocycles. The minimum absolute atomic E-state index is 0.0223. The van der Waals surface area contributed by atoms with Crippen molar-refractivity contribution in [2.45, 2.75) is 76.8 Å². The van der Waals surface area contributed by atoms with E-state index in [0.717, 1.165) is 12.3 Å². The number of rotatable bonds is 3. The molecule has 17 heavy (non-hydrogen) atoms. The molecule has 2 aliphatic carbocycles. The fourth-order valence-electron chi connectivity index (χ4n) is 3.85. The number of nitrogens with one attached hydrogen (secondary N) is 1. The summed E-state index contributed by atoms with van der Waals surface area (Å²) in [7, 11) is 0. The highest BCUT2D eigenvalue weighted by molar-refractivity contribution is 4.98. The van der Waals surface area contributed by atoms with E-state index in [9.17, 15) is 5.11 Å². The number of aliphatic hydroxyl groups is 1. The van der Waals surface area contributed by atoms with E-state index in [-0.39, 0.29) is 5.54 Å². The Morgan fingerprint density at radius 2 is 1.82 bits per heavy atom. The second-order valence-electron chi connectivity index (χ2n) is 6.57. The predicted octanol–water partition coefficient (Wildman–Crippen LogP) is 3.10. The first-order valence-electron chi connectivity index (χ1n) is 7.55. The second kappa shape index (κ2) is 5.71. The van der Waals surface area contributed by atoms with Crippen LogP contribution in [-0.4, -0.2) is 23.3 Å². The molecule has 0 saturated heterocycles. The Hall–Kier alpha value is -0.0800. The smallest absolute Gasteiger partial charge is 0.0616 e. The summed E-state index contributed by atoms with van der Waals surface area (Å²) in [5, 5.41) is 13.7. The van der Waals surface area contributed by atoms with E-state index in [1.807, 2.05) is 0 Å². The molecule has 0 radical (unpaired) electrons. The van der Waals surface area contributed by atoms with Crippen LogP contribution in [0.25, 0.3) is 0 Å². The van der Waals surface area contributed by atoms with Crippen LogP contribution in [0.3, 0.4) is 0 Å². The van der Waals surface area contributed by atoms with Gasteiger partial charge in [-0.05, 0) is 43.9 Å². The minimum Gasteiger partial charge on any atom is -0.394 e. The zero-order valence-corrected chi connectivity index (χ0v) is 11.5. The Morgan fingerprint density at radius 3 is 2.41 bits per heavy atom. The molecule has 3 atom stereocenters. The maximum atomic E-state index is 9.87. The van der Waals surface area contributed by atoms with Gasteiger partial charge in [-0.1, -0.05) is 33.1 Å². The van der Waals surface area contributed by atoms with Gasteiger partial charge < -0.3 is 10.4 Å². The molecule has 0 bridgehead atoms. The molecule has 0 aromatic carbocycles. The minimum atomic E-state index is 0.0223. The highest BCUT2D eigenvalue weighted by Crippen LogP contribution is 2.37. The van der Waals surface area contributed by atoms with Crippen molar-refractivity contribution in [3.63, 3.8) is 0 Å². The monoisotopic (exact) mass is 239 g/mol. The van der Waals surface area contributed by atoms with Crippen LogP contribution in [0.5, 0.6) is 0 Å². The van der Waals surface area contributed by atoms with Gasteiger partial charge in [0.05, 0.1) is 6.61 Å². The molecular weight excluding hydrogens is 210 g/mol. The van der Waals surface area contributed by atoms with Gasteiger partial charge in [-0.3, -0.25) is 0 Å². The van der Waals surface area contributed by atoms with Gasteiger partial charge in [0.2, 0.25) is 0 Å². The summed E-state index contributed by atoms with van der Waals surface area (Å²) < 4.78 is 0. The molecule has 100 valence electrons. The van der Waals surface area contributed by atoms with Gasteiger partial charge in [0, 0.05) is 11.6 Å². The Labute approximate surface area is 106 Å². The first kappa shape index (κ1) is 13.4. The molecule has 2 heteroatoms. The van der Waals surface area contributed by atoms with Gasteiger partial charge in [0.15, 0.2) is 0 Å². The average molecular weight is 239 g/mol. The number of aliphatic hydroxyl groups excluding tert-OH is 1. The maximum Gasteiger partial charge on any atom is 0.0616 e. The fourth-order valence-corrected chi connectivity index (χ4v) is 3.85. The Balaban J connectivity index is 1.97. The molecule has 0 heterocycles. The summed E-state index contributed by atoms with van der Waals surface area (Å²) in [6.45, 7) is 4.98. The van der Waals surface area contributed by atoms with E-state index in [2.05, 4.69) is 19.2 Å². The van der Waals surface area contributed by atoms with Crippen molar-refractivity contribution in [3.8, 4) is 0 Å². The number of hydrogen-bond acceptors (Lipinski definition) is 2. The summed E-state index contributed by atoms with van der Waals surface area (Å²) in [6, 6.07) is 0.659. The Bertz CT molecular complexity index is 237. The fraction of sp³-hybridized carbons (Fsp3) is 1.00. The van der Waals surface area contributed by atoms with Crippen LogP contribution in [-0.2, 0) is 0 Å². The predicted molar refractivity (Wildman–Crippen MR) is 72.0 cm³/mol. The lowest BCUT2D eigenvalue weighted by molar-refractivity contribution is 0.0428. The zero-order chi connectivity index (χ0) is 12.3. The van der Waals surface area contributed by atoms with Crippen LogP contribution in [0.1, 0.15) is 65.2 Å². The van der Waals surface area contributed by atoms with E-state index in [4.69, 9.17) is 0 Å². The van der Waals surface area contributed by atoms with Gasteiger partial charge in [-0.15, -0.1) is 0 Å². The van der Waals surface area contributed by atoms with E-state index in [1.54, 1.807) is 0 Å². The van der Waals surface area contributed by atoms with Crippen molar-refractivity contribution in [1.29, 1.82) is 0 Å². The molecule has 2 nitrogen and oxygen atoms in total. The summed E-state index contributed by atoms with van der Waals surface area (Å²) in [4.78, 5) is 0. The largest absolute Gasteiger partial charge is 0.394 e. The van der Waals surface area contributed by atoms with Crippen molar-refractivity contribution < 1.29 is 5.11 Å². The highest BCUT2D eigenvalue weighted by Gasteiger charge is 2.40. The molecule has 3 unspecified atom stereocenters. The Morgan fingerprint density at radius 1 is 1.12 bits per heavy atom. The lowest BCUT2D eigenvalue weighted by Crippen LogP contribution is -2.59. The van der Waals surface area contributed by atoms with Crippen LogP contribution < -0.4 is 5.32 Å². The van der Waals surface area contributed by atoms with Crippen molar-refractivity contribution in [1.82, 2.24) is 5.32 Å². The quantitative estimate of drug-likeness (QED) is 0.793. The molecule has 2 aliphatic rings. The van der Waals surface area contributed by atoms with E-state index >= 15 is 0 Å². The molecule has 2 fully saturated rings. The van der Waals surface area contributed by atoms with E-state index in [0.29, 0.717) is 18.6 Å². The van der Waals surface area contributed by atoms with Crippen LogP contribution in [0, 0.1) is 11.8 Å². The van der Waals surface area contributed by atoms with Gasteiger partial charge in [-0.25, -0.2) is 0 Å². The van der Waals surface area contributed by atoms with Crippen molar-refractivity contribution in [2.75, 3.05) is 6.61 Å². The van der Waals surface area contributed by atoms with Gasteiger partial charge in [0.25, 0.3) is 0 Å². The van der Waals surface area contributed by atoms with Crippen LogP contribution >= 0.6 is 0 Å². The molecular formula is C15H29NO. The van der Waals surface area contributed by atoms with Gasteiger partial charge >= 0.3 is 0 Å². The third kappa shape index (κ3) is 3.03. The molecule has 2 rings (SSSR count). The third-order valence-electron chi connectivity index (χ3n) is 5.16. The van der Waals surface area contributed by atoms with Crippen LogP contribution in [0.15, 0.2) is 0 Å². The van der Waals surface area contributed by atoms with Gasteiger partial charge in [0.1, 0.15) is 0 Å². The number of hydrogen-bond donors (Lipinski definition) is 2. The molecule has 2 saturated carbocycles. The topological polar surface area (TPSA) is 32.3 Å². The SMILES string of the molecule is CC1CCC(CO)(NC2CCCCC2)C(C)C1. The Kier molecular flexibility index (Phi) is 4.48. The zero-order valence-electron chi connectivity index (χ0n) is 11.5. The lowest BCUT2D eigenvalue weighted by Gasteiger charge is -2.47. The first-order chi connectivity index (χ1) is 8.16. The summed E-state index contributed by atoms with van der Waals surface area (Å²) >= 11 is 0. The highest BCUT2D eigenvalue weighted by atomic mass is 16.3. The molecule has 0 aromatic rings. The van der Waals surface area contributed by atoms with Crippen molar-refractivity contribution >= 4 is 0 Å². The van der Waals surface area contributed by atoms with Crippen LogP contribution in [0.2, 0.25) is 0 Å². The summed E-state index contributed by atoms with van der Waals surface area (Å²) in [5.74, 6) is 1.44. The van der Waals surface area contributed by atoms with Crippen LogP contribution in [0.4, 0.5) is 0 Å². The molecule has 2 N–H and O–H groups in total. The third-order valence-corrected chi connectivity index (χ3v) is 5.16. The molecule has 0 aromatic heterocycles. The first-order valence-corrected chi connectivity index (χ1v) is 7.55. The lowest BCUT2D eigenvalue weighted by atomic mass is 9.69. The van der Waals surface area contributed by atoms with E-state index in [1.165, 1.54) is 44.9 Å².